The highest BCUT2D eigenvalue weighted by atomic mass is 19.1. The molecule has 0 radical (unpaired) electrons. The fourth-order valence-electron chi connectivity index (χ4n) is 2.41. The number of hydrogen-bond acceptors (Lipinski definition) is 4. The SMILES string of the molecule is NC1CCN(c2nccc(-c3cccc(F)c3)n2)CC1. The van der Waals surface area contributed by atoms with Crippen LogP contribution in [0.1, 0.15) is 12.8 Å². The van der Waals surface area contributed by atoms with Crippen LogP contribution in [-0.4, -0.2) is 29.1 Å². The van der Waals surface area contributed by atoms with Crippen LogP contribution in [0.25, 0.3) is 11.3 Å². The highest BCUT2D eigenvalue weighted by Crippen LogP contribution is 2.21. The van der Waals surface area contributed by atoms with Gasteiger partial charge < -0.3 is 10.6 Å². The monoisotopic (exact) mass is 272 g/mol. The summed E-state index contributed by atoms with van der Waals surface area (Å²) in [5, 5.41) is 0. The minimum atomic E-state index is -0.258. The number of anilines is 1. The molecule has 0 spiro atoms. The van der Waals surface area contributed by atoms with Crippen molar-refractivity contribution in [1.29, 1.82) is 0 Å². The van der Waals surface area contributed by atoms with Crippen LogP contribution in [0, 0.1) is 5.82 Å². The Morgan fingerprint density at radius 3 is 2.75 bits per heavy atom. The minimum Gasteiger partial charge on any atom is -0.341 e. The number of benzene rings is 1. The second-order valence-electron chi connectivity index (χ2n) is 5.08. The zero-order valence-corrected chi connectivity index (χ0v) is 11.2. The summed E-state index contributed by atoms with van der Waals surface area (Å²) in [4.78, 5) is 11.0. The lowest BCUT2D eigenvalue weighted by Crippen LogP contribution is -2.40. The molecule has 0 bridgehead atoms. The van der Waals surface area contributed by atoms with Crippen LogP contribution in [0.3, 0.4) is 0 Å². The molecular formula is C15H17FN4. The lowest BCUT2D eigenvalue weighted by atomic mass is 10.1. The Kier molecular flexibility index (Phi) is 3.60. The van der Waals surface area contributed by atoms with Gasteiger partial charge >= 0.3 is 0 Å². The topological polar surface area (TPSA) is 55.0 Å². The van der Waals surface area contributed by atoms with E-state index in [2.05, 4.69) is 14.9 Å². The van der Waals surface area contributed by atoms with Gasteiger partial charge in [-0.2, -0.15) is 0 Å². The lowest BCUT2D eigenvalue weighted by molar-refractivity contribution is 0.495. The molecule has 0 atom stereocenters. The quantitative estimate of drug-likeness (QED) is 0.910. The minimum absolute atomic E-state index is 0.258. The van der Waals surface area contributed by atoms with Crippen molar-refractivity contribution in [1.82, 2.24) is 9.97 Å². The van der Waals surface area contributed by atoms with Gasteiger partial charge in [-0.05, 0) is 31.0 Å². The van der Waals surface area contributed by atoms with Gasteiger partial charge in [0.15, 0.2) is 0 Å². The van der Waals surface area contributed by atoms with Gasteiger partial charge in [0.05, 0.1) is 5.69 Å². The molecule has 2 N–H and O–H groups in total. The average Bonchev–Trinajstić information content (AvgIpc) is 2.48. The number of nitrogens with two attached hydrogens (primary N) is 1. The van der Waals surface area contributed by atoms with E-state index in [-0.39, 0.29) is 11.9 Å². The van der Waals surface area contributed by atoms with Gasteiger partial charge in [-0.3, -0.25) is 0 Å². The molecule has 2 aromatic rings. The standard InChI is InChI=1S/C15H17FN4/c16-12-3-1-2-11(10-12)14-4-7-18-15(19-14)20-8-5-13(17)6-9-20/h1-4,7,10,13H,5-6,8-9,17H2. The first kappa shape index (κ1) is 13.0. The molecule has 1 saturated heterocycles. The molecule has 20 heavy (non-hydrogen) atoms. The van der Waals surface area contributed by atoms with E-state index in [9.17, 15) is 4.39 Å². The van der Waals surface area contributed by atoms with E-state index >= 15 is 0 Å². The van der Waals surface area contributed by atoms with Gasteiger partial charge in [0, 0.05) is 30.9 Å². The first-order chi connectivity index (χ1) is 9.72. The highest BCUT2D eigenvalue weighted by Gasteiger charge is 2.18. The summed E-state index contributed by atoms with van der Waals surface area (Å²) >= 11 is 0. The van der Waals surface area contributed by atoms with Crippen LogP contribution in [0.5, 0.6) is 0 Å². The number of nitrogens with zero attached hydrogens (tertiary/aromatic N) is 3. The van der Waals surface area contributed by atoms with E-state index in [1.807, 2.05) is 6.07 Å². The van der Waals surface area contributed by atoms with E-state index in [0.717, 1.165) is 37.2 Å². The Balaban J connectivity index is 1.86. The van der Waals surface area contributed by atoms with Crippen molar-refractivity contribution in [3.63, 3.8) is 0 Å². The number of piperidine rings is 1. The predicted molar refractivity (Wildman–Crippen MR) is 76.8 cm³/mol. The van der Waals surface area contributed by atoms with Crippen LogP contribution < -0.4 is 10.6 Å². The first-order valence-electron chi connectivity index (χ1n) is 6.82. The average molecular weight is 272 g/mol. The zero-order valence-electron chi connectivity index (χ0n) is 11.2. The summed E-state index contributed by atoms with van der Waals surface area (Å²) in [5.74, 6) is 0.435. The Morgan fingerprint density at radius 2 is 2.00 bits per heavy atom. The zero-order chi connectivity index (χ0) is 13.9. The first-order valence-corrected chi connectivity index (χ1v) is 6.82. The van der Waals surface area contributed by atoms with Crippen molar-refractivity contribution in [3.05, 3.63) is 42.3 Å². The van der Waals surface area contributed by atoms with E-state index < -0.39 is 0 Å². The van der Waals surface area contributed by atoms with Crippen LogP contribution in [0.4, 0.5) is 10.3 Å². The van der Waals surface area contributed by atoms with Gasteiger partial charge in [0.25, 0.3) is 0 Å². The molecule has 1 fully saturated rings. The number of hydrogen-bond donors (Lipinski definition) is 1. The van der Waals surface area contributed by atoms with Gasteiger partial charge in [-0.25, -0.2) is 14.4 Å². The second-order valence-corrected chi connectivity index (χ2v) is 5.08. The van der Waals surface area contributed by atoms with Gasteiger partial charge in [-0.15, -0.1) is 0 Å². The summed E-state index contributed by atoms with van der Waals surface area (Å²) in [7, 11) is 0. The van der Waals surface area contributed by atoms with E-state index in [4.69, 9.17) is 5.73 Å². The summed E-state index contributed by atoms with van der Waals surface area (Å²) in [6.07, 6.45) is 3.62. The normalized spacial score (nSPS) is 16.4. The molecule has 1 aliphatic rings. The van der Waals surface area contributed by atoms with Crippen LogP contribution in [-0.2, 0) is 0 Å². The Bertz CT molecular complexity index is 594. The van der Waals surface area contributed by atoms with E-state index in [1.165, 1.54) is 12.1 Å². The summed E-state index contributed by atoms with van der Waals surface area (Å²) in [6.45, 7) is 1.74. The molecule has 2 heterocycles. The molecular weight excluding hydrogens is 255 g/mol. The maximum atomic E-state index is 13.3. The number of aromatic nitrogens is 2. The maximum absolute atomic E-state index is 13.3. The third kappa shape index (κ3) is 2.77. The van der Waals surface area contributed by atoms with Crippen molar-refractivity contribution in [2.24, 2.45) is 5.73 Å². The number of halogens is 1. The van der Waals surface area contributed by atoms with Gasteiger partial charge in [-0.1, -0.05) is 12.1 Å². The van der Waals surface area contributed by atoms with Gasteiger partial charge in [0.1, 0.15) is 5.82 Å². The van der Waals surface area contributed by atoms with Crippen molar-refractivity contribution in [3.8, 4) is 11.3 Å². The fraction of sp³-hybridized carbons (Fsp3) is 0.333. The third-order valence-corrected chi connectivity index (χ3v) is 3.59. The Labute approximate surface area is 117 Å². The summed E-state index contributed by atoms with van der Waals surface area (Å²) < 4.78 is 13.3. The van der Waals surface area contributed by atoms with Gasteiger partial charge in [0.2, 0.25) is 5.95 Å². The molecule has 1 aromatic carbocycles. The van der Waals surface area contributed by atoms with Crippen LogP contribution >= 0.6 is 0 Å². The fourth-order valence-corrected chi connectivity index (χ4v) is 2.41. The van der Waals surface area contributed by atoms with Crippen molar-refractivity contribution < 1.29 is 4.39 Å². The molecule has 104 valence electrons. The Hall–Kier alpha value is -2.01. The molecule has 0 unspecified atom stereocenters. The van der Waals surface area contributed by atoms with Crippen LogP contribution in [0.2, 0.25) is 0 Å². The van der Waals surface area contributed by atoms with Crippen molar-refractivity contribution >= 4 is 5.95 Å². The van der Waals surface area contributed by atoms with E-state index in [1.54, 1.807) is 18.3 Å². The second kappa shape index (κ2) is 5.54. The number of rotatable bonds is 2. The molecule has 5 heteroatoms. The van der Waals surface area contributed by atoms with Crippen molar-refractivity contribution in [2.75, 3.05) is 18.0 Å². The predicted octanol–water partition coefficient (Wildman–Crippen LogP) is 2.21. The largest absolute Gasteiger partial charge is 0.341 e. The lowest BCUT2D eigenvalue weighted by Gasteiger charge is -2.30. The molecule has 0 saturated carbocycles. The van der Waals surface area contributed by atoms with Crippen molar-refractivity contribution in [2.45, 2.75) is 18.9 Å². The molecule has 0 amide bonds. The highest BCUT2D eigenvalue weighted by molar-refractivity contribution is 5.60. The molecule has 0 aliphatic carbocycles. The molecule has 4 nitrogen and oxygen atoms in total. The summed E-state index contributed by atoms with van der Waals surface area (Å²) in [6, 6.07) is 8.52. The molecule has 1 aliphatic heterocycles. The van der Waals surface area contributed by atoms with Crippen LogP contribution in [0.15, 0.2) is 36.5 Å². The smallest absolute Gasteiger partial charge is 0.225 e. The Morgan fingerprint density at radius 1 is 1.20 bits per heavy atom. The third-order valence-electron chi connectivity index (χ3n) is 3.59. The molecule has 1 aromatic heterocycles. The summed E-state index contributed by atoms with van der Waals surface area (Å²) in [5.41, 5.74) is 7.41. The molecule has 3 rings (SSSR count). The van der Waals surface area contributed by atoms with E-state index in [0.29, 0.717) is 5.95 Å². The maximum Gasteiger partial charge on any atom is 0.225 e.